The van der Waals surface area contributed by atoms with Crippen LogP contribution >= 0.6 is 0 Å². The number of hydrogen-bond donors (Lipinski definition) is 1. The summed E-state index contributed by atoms with van der Waals surface area (Å²) in [6, 6.07) is 10.6. The molecule has 0 saturated carbocycles. The van der Waals surface area contributed by atoms with Crippen molar-refractivity contribution in [2.24, 2.45) is 11.8 Å². The molecule has 240 valence electrons. The summed E-state index contributed by atoms with van der Waals surface area (Å²) in [6.07, 6.45) is 14.8. The maximum atomic E-state index is 13.7. The van der Waals surface area contributed by atoms with Crippen molar-refractivity contribution in [1.29, 1.82) is 0 Å². The molecule has 2 aromatic rings. The zero-order valence-electron chi connectivity index (χ0n) is 26.7. The first-order valence-electron chi connectivity index (χ1n) is 16.3. The van der Waals surface area contributed by atoms with Crippen LogP contribution < -0.4 is 9.47 Å². The SMILES string of the molecule is CCC(C)CCCCCCCCCCCCOc1ccc(C(=O)Oc2ccc(C(=O)OCC(C)C(F)CC)c(O)c2)cc1. The summed E-state index contributed by atoms with van der Waals surface area (Å²) in [5.41, 5.74) is 0.246. The van der Waals surface area contributed by atoms with Gasteiger partial charge in [-0.05, 0) is 55.2 Å². The van der Waals surface area contributed by atoms with E-state index in [0.717, 1.165) is 18.8 Å². The summed E-state index contributed by atoms with van der Waals surface area (Å²) < 4.78 is 30.0. The summed E-state index contributed by atoms with van der Waals surface area (Å²) in [7, 11) is 0. The van der Waals surface area contributed by atoms with Crippen molar-refractivity contribution in [2.75, 3.05) is 13.2 Å². The molecule has 3 atom stereocenters. The van der Waals surface area contributed by atoms with Gasteiger partial charge in [0.2, 0.25) is 0 Å². The first-order chi connectivity index (χ1) is 20.7. The number of ether oxygens (including phenoxy) is 3. The molecule has 0 amide bonds. The number of alkyl halides is 1. The maximum Gasteiger partial charge on any atom is 0.343 e. The van der Waals surface area contributed by atoms with Gasteiger partial charge in [0.25, 0.3) is 0 Å². The molecule has 0 spiro atoms. The number of carbonyl (C=O) groups excluding carboxylic acids is 2. The number of halogens is 1. The molecule has 0 heterocycles. The Kier molecular flexibility index (Phi) is 17.4. The highest BCUT2D eigenvalue weighted by Gasteiger charge is 2.19. The highest BCUT2D eigenvalue weighted by molar-refractivity contribution is 5.93. The van der Waals surface area contributed by atoms with E-state index < -0.39 is 24.0 Å². The fourth-order valence-corrected chi connectivity index (χ4v) is 4.80. The van der Waals surface area contributed by atoms with Crippen LogP contribution in [-0.4, -0.2) is 36.4 Å². The Bertz CT molecular complexity index is 1070. The van der Waals surface area contributed by atoms with Gasteiger partial charge < -0.3 is 19.3 Å². The van der Waals surface area contributed by atoms with Crippen LogP contribution in [0.3, 0.4) is 0 Å². The Labute approximate surface area is 258 Å². The Morgan fingerprint density at radius 3 is 1.93 bits per heavy atom. The fourth-order valence-electron chi connectivity index (χ4n) is 4.80. The van der Waals surface area contributed by atoms with Crippen molar-refractivity contribution in [3.05, 3.63) is 53.6 Å². The van der Waals surface area contributed by atoms with Gasteiger partial charge in [-0.15, -0.1) is 0 Å². The standard InChI is InChI=1S/C36H53FO6/c1-5-27(3)17-15-13-11-9-7-8-10-12-14-16-24-41-30-20-18-29(19-21-30)35(39)43-31-22-23-32(34(38)25-31)36(40)42-26-28(4)33(37)6-2/h18-23,25,27-28,33,38H,5-17,24,26H2,1-4H3. The van der Waals surface area contributed by atoms with E-state index in [4.69, 9.17) is 14.2 Å². The predicted octanol–water partition coefficient (Wildman–Crippen LogP) is 9.87. The topological polar surface area (TPSA) is 82.1 Å². The summed E-state index contributed by atoms with van der Waals surface area (Å²) in [5, 5.41) is 10.3. The first kappa shape index (κ1) is 36.1. The summed E-state index contributed by atoms with van der Waals surface area (Å²) in [5.74, 6) is -0.554. The summed E-state index contributed by atoms with van der Waals surface area (Å²) in [4.78, 5) is 24.8. The van der Waals surface area contributed by atoms with Gasteiger partial charge in [0.05, 0.1) is 18.8 Å². The van der Waals surface area contributed by atoms with Crippen LogP contribution in [0.4, 0.5) is 4.39 Å². The molecule has 0 aliphatic carbocycles. The van der Waals surface area contributed by atoms with E-state index in [2.05, 4.69) is 13.8 Å². The molecule has 0 radical (unpaired) electrons. The monoisotopic (exact) mass is 600 g/mol. The molecule has 2 aromatic carbocycles. The van der Waals surface area contributed by atoms with Crippen molar-refractivity contribution >= 4 is 11.9 Å². The Balaban J connectivity index is 1.62. The van der Waals surface area contributed by atoms with Crippen LogP contribution in [0.5, 0.6) is 17.2 Å². The molecule has 0 saturated heterocycles. The molecule has 7 heteroatoms. The van der Waals surface area contributed by atoms with Gasteiger partial charge in [0.1, 0.15) is 29.0 Å². The molecule has 1 N–H and O–H groups in total. The van der Waals surface area contributed by atoms with Crippen molar-refractivity contribution in [2.45, 2.75) is 117 Å². The highest BCUT2D eigenvalue weighted by Crippen LogP contribution is 2.26. The quantitative estimate of drug-likeness (QED) is 0.0823. The first-order valence-corrected chi connectivity index (χ1v) is 16.3. The molecule has 6 nitrogen and oxygen atoms in total. The predicted molar refractivity (Wildman–Crippen MR) is 170 cm³/mol. The summed E-state index contributed by atoms with van der Waals surface area (Å²) >= 11 is 0. The van der Waals surface area contributed by atoms with E-state index in [-0.39, 0.29) is 23.7 Å². The third-order valence-electron chi connectivity index (χ3n) is 8.03. The molecule has 2 rings (SSSR count). The number of rotatable bonds is 22. The van der Waals surface area contributed by atoms with E-state index in [1.165, 1.54) is 82.4 Å². The number of phenols is 1. The molecule has 0 bridgehead atoms. The highest BCUT2D eigenvalue weighted by atomic mass is 19.1. The third kappa shape index (κ3) is 14.3. The van der Waals surface area contributed by atoms with Crippen molar-refractivity contribution in [3.8, 4) is 17.2 Å². The lowest BCUT2D eigenvalue weighted by molar-refractivity contribution is 0.0376. The average molecular weight is 601 g/mol. The average Bonchev–Trinajstić information content (AvgIpc) is 3.01. The van der Waals surface area contributed by atoms with Gasteiger partial charge in [0, 0.05) is 12.0 Å². The van der Waals surface area contributed by atoms with Gasteiger partial charge >= 0.3 is 11.9 Å². The molecule has 0 aromatic heterocycles. The molecule has 43 heavy (non-hydrogen) atoms. The molecular formula is C36H53FO6. The van der Waals surface area contributed by atoms with Crippen LogP contribution in [0.25, 0.3) is 0 Å². The molecular weight excluding hydrogens is 547 g/mol. The number of phenolic OH excluding ortho intramolecular Hbond substituents is 1. The summed E-state index contributed by atoms with van der Waals surface area (Å²) in [6.45, 7) is 8.55. The van der Waals surface area contributed by atoms with Crippen LogP contribution in [0, 0.1) is 11.8 Å². The number of esters is 2. The molecule has 0 fully saturated rings. The molecule has 0 aliphatic heterocycles. The molecule has 3 unspecified atom stereocenters. The number of carbonyl (C=O) groups is 2. The number of unbranched alkanes of at least 4 members (excludes halogenated alkanes) is 9. The third-order valence-corrected chi connectivity index (χ3v) is 8.03. The van der Waals surface area contributed by atoms with Crippen molar-refractivity contribution in [3.63, 3.8) is 0 Å². The minimum atomic E-state index is -1.07. The van der Waals surface area contributed by atoms with Crippen molar-refractivity contribution in [1.82, 2.24) is 0 Å². The largest absolute Gasteiger partial charge is 0.507 e. The van der Waals surface area contributed by atoms with Crippen LogP contribution in [0.1, 0.15) is 132 Å². The van der Waals surface area contributed by atoms with Gasteiger partial charge in [-0.2, -0.15) is 0 Å². The van der Waals surface area contributed by atoms with E-state index in [1.54, 1.807) is 38.1 Å². The second kappa shape index (κ2) is 20.8. The van der Waals surface area contributed by atoms with Gasteiger partial charge in [-0.3, -0.25) is 0 Å². The second-order valence-corrected chi connectivity index (χ2v) is 11.8. The van der Waals surface area contributed by atoms with E-state index in [0.29, 0.717) is 24.3 Å². The second-order valence-electron chi connectivity index (χ2n) is 11.8. The van der Waals surface area contributed by atoms with Crippen molar-refractivity contribution < 1.29 is 33.3 Å². The van der Waals surface area contributed by atoms with Crippen LogP contribution in [0.2, 0.25) is 0 Å². The van der Waals surface area contributed by atoms with E-state index in [1.807, 2.05) is 0 Å². The van der Waals surface area contributed by atoms with Gasteiger partial charge in [-0.1, -0.05) is 98.3 Å². The fraction of sp³-hybridized carbons (Fsp3) is 0.611. The van der Waals surface area contributed by atoms with E-state index >= 15 is 0 Å². The Hall–Kier alpha value is -3.09. The minimum absolute atomic E-state index is 0.0830. The zero-order valence-corrected chi connectivity index (χ0v) is 26.7. The van der Waals surface area contributed by atoms with Crippen LogP contribution in [-0.2, 0) is 4.74 Å². The lowest BCUT2D eigenvalue weighted by atomic mass is 9.99. The van der Waals surface area contributed by atoms with Gasteiger partial charge in [0.15, 0.2) is 0 Å². The zero-order chi connectivity index (χ0) is 31.5. The minimum Gasteiger partial charge on any atom is -0.507 e. The number of benzene rings is 2. The lowest BCUT2D eigenvalue weighted by Gasteiger charge is -2.15. The molecule has 0 aliphatic rings. The lowest BCUT2D eigenvalue weighted by Crippen LogP contribution is -2.20. The van der Waals surface area contributed by atoms with Gasteiger partial charge in [-0.25, -0.2) is 14.0 Å². The Morgan fingerprint density at radius 2 is 1.35 bits per heavy atom. The number of hydrogen-bond acceptors (Lipinski definition) is 6. The van der Waals surface area contributed by atoms with E-state index in [9.17, 15) is 19.1 Å². The Morgan fingerprint density at radius 1 is 0.767 bits per heavy atom. The number of aromatic hydroxyl groups is 1. The smallest absolute Gasteiger partial charge is 0.343 e. The normalized spacial score (nSPS) is 13.2. The maximum absolute atomic E-state index is 13.7. The van der Waals surface area contributed by atoms with Crippen LogP contribution in [0.15, 0.2) is 42.5 Å².